The Bertz CT molecular complexity index is 342. The zero-order valence-electron chi connectivity index (χ0n) is 11.4. The number of nitrogens with zero attached hydrogens (tertiary/aromatic N) is 1. The van der Waals surface area contributed by atoms with Gasteiger partial charge in [-0.3, -0.25) is 9.59 Å². The number of hydrogen-bond acceptors (Lipinski definition) is 4. The highest BCUT2D eigenvalue weighted by molar-refractivity contribution is 5.85. The third-order valence-electron chi connectivity index (χ3n) is 4.01. The maximum atomic E-state index is 12.6. The van der Waals surface area contributed by atoms with Crippen molar-refractivity contribution in [1.29, 1.82) is 0 Å². The minimum absolute atomic E-state index is 0.00833. The molecule has 0 spiro atoms. The maximum Gasteiger partial charge on any atom is 0.237 e. The zero-order valence-corrected chi connectivity index (χ0v) is 11.4. The standard InChI is InChI=1S/C13H23N3O3/c1-9-11(4-6-19-9)13(18)16(8-12(14)17)10-3-2-5-15-7-10/h9-11,15H,2-8H2,1H3,(H2,14,17). The van der Waals surface area contributed by atoms with Crippen LogP contribution in [0.1, 0.15) is 26.2 Å². The lowest BCUT2D eigenvalue weighted by Crippen LogP contribution is -2.53. The largest absolute Gasteiger partial charge is 0.378 e. The van der Waals surface area contributed by atoms with Crippen molar-refractivity contribution in [3.05, 3.63) is 0 Å². The number of nitrogens with two attached hydrogens (primary N) is 1. The summed E-state index contributed by atoms with van der Waals surface area (Å²) in [6.07, 6.45) is 2.60. The van der Waals surface area contributed by atoms with Gasteiger partial charge in [-0.25, -0.2) is 0 Å². The number of nitrogens with one attached hydrogen (secondary N) is 1. The van der Waals surface area contributed by atoms with Crippen molar-refractivity contribution >= 4 is 11.8 Å². The molecule has 3 unspecified atom stereocenters. The molecule has 2 amide bonds. The van der Waals surface area contributed by atoms with Crippen LogP contribution in [-0.2, 0) is 14.3 Å². The van der Waals surface area contributed by atoms with E-state index in [0.29, 0.717) is 6.61 Å². The second-order valence-corrected chi connectivity index (χ2v) is 5.40. The van der Waals surface area contributed by atoms with Gasteiger partial charge >= 0.3 is 0 Å². The number of primary amides is 1. The molecule has 2 rings (SSSR count). The SMILES string of the molecule is CC1OCCC1C(=O)N(CC(N)=O)C1CCCNC1. The van der Waals surface area contributed by atoms with E-state index in [1.165, 1.54) is 0 Å². The summed E-state index contributed by atoms with van der Waals surface area (Å²) in [5.74, 6) is -0.579. The molecule has 0 aromatic rings. The number of rotatable bonds is 4. The first-order valence-corrected chi connectivity index (χ1v) is 7.00. The molecule has 0 aromatic heterocycles. The van der Waals surface area contributed by atoms with Gasteiger partial charge in [-0.1, -0.05) is 0 Å². The number of ether oxygens (including phenoxy) is 1. The first-order valence-electron chi connectivity index (χ1n) is 7.00. The van der Waals surface area contributed by atoms with Gasteiger partial charge in [-0.05, 0) is 32.7 Å². The van der Waals surface area contributed by atoms with E-state index in [0.717, 1.165) is 32.4 Å². The summed E-state index contributed by atoms with van der Waals surface area (Å²) in [7, 11) is 0. The highest BCUT2D eigenvalue weighted by atomic mass is 16.5. The summed E-state index contributed by atoms with van der Waals surface area (Å²) >= 11 is 0. The van der Waals surface area contributed by atoms with Crippen molar-refractivity contribution in [2.24, 2.45) is 11.7 Å². The van der Waals surface area contributed by atoms with Crippen molar-refractivity contribution in [3.8, 4) is 0 Å². The fraction of sp³-hybridized carbons (Fsp3) is 0.846. The molecule has 0 aliphatic carbocycles. The fourth-order valence-corrected chi connectivity index (χ4v) is 2.92. The van der Waals surface area contributed by atoms with Gasteiger partial charge in [0.25, 0.3) is 0 Å². The topological polar surface area (TPSA) is 84.7 Å². The van der Waals surface area contributed by atoms with Crippen LogP contribution in [-0.4, -0.2) is 55.1 Å². The zero-order chi connectivity index (χ0) is 13.8. The van der Waals surface area contributed by atoms with E-state index in [1.807, 2.05) is 6.92 Å². The molecule has 3 atom stereocenters. The van der Waals surface area contributed by atoms with Gasteiger partial charge in [-0.15, -0.1) is 0 Å². The van der Waals surface area contributed by atoms with Crippen LogP contribution < -0.4 is 11.1 Å². The minimum Gasteiger partial charge on any atom is -0.378 e. The monoisotopic (exact) mass is 269 g/mol. The Morgan fingerprint density at radius 2 is 2.21 bits per heavy atom. The van der Waals surface area contributed by atoms with E-state index in [-0.39, 0.29) is 30.5 Å². The fourth-order valence-electron chi connectivity index (χ4n) is 2.92. The van der Waals surface area contributed by atoms with Crippen LogP contribution >= 0.6 is 0 Å². The van der Waals surface area contributed by atoms with Crippen molar-refractivity contribution < 1.29 is 14.3 Å². The van der Waals surface area contributed by atoms with E-state index in [9.17, 15) is 9.59 Å². The van der Waals surface area contributed by atoms with Crippen LogP contribution in [0.4, 0.5) is 0 Å². The summed E-state index contributed by atoms with van der Waals surface area (Å²) < 4.78 is 5.45. The van der Waals surface area contributed by atoms with Gasteiger partial charge in [-0.2, -0.15) is 0 Å². The van der Waals surface area contributed by atoms with Crippen LogP contribution in [0.25, 0.3) is 0 Å². The van der Waals surface area contributed by atoms with Crippen LogP contribution in [0.15, 0.2) is 0 Å². The van der Waals surface area contributed by atoms with Crippen LogP contribution in [0.5, 0.6) is 0 Å². The number of carbonyl (C=O) groups excluding carboxylic acids is 2. The Kier molecular flexibility index (Phi) is 4.76. The van der Waals surface area contributed by atoms with E-state index in [4.69, 9.17) is 10.5 Å². The lowest BCUT2D eigenvalue weighted by atomic mass is 9.98. The molecule has 0 saturated carbocycles. The summed E-state index contributed by atoms with van der Waals surface area (Å²) in [5.41, 5.74) is 5.29. The second-order valence-electron chi connectivity index (χ2n) is 5.40. The molecule has 2 aliphatic heterocycles. The molecule has 0 aromatic carbocycles. The number of amides is 2. The highest BCUT2D eigenvalue weighted by Crippen LogP contribution is 2.24. The molecule has 19 heavy (non-hydrogen) atoms. The summed E-state index contributed by atoms with van der Waals surface area (Å²) in [4.78, 5) is 25.5. The van der Waals surface area contributed by atoms with Gasteiger partial charge in [0.1, 0.15) is 0 Å². The molecule has 2 heterocycles. The Morgan fingerprint density at radius 3 is 2.74 bits per heavy atom. The van der Waals surface area contributed by atoms with E-state index in [2.05, 4.69) is 5.32 Å². The van der Waals surface area contributed by atoms with Crippen LogP contribution in [0, 0.1) is 5.92 Å². The highest BCUT2D eigenvalue weighted by Gasteiger charge is 2.37. The van der Waals surface area contributed by atoms with Crippen molar-refractivity contribution in [1.82, 2.24) is 10.2 Å². The third-order valence-corrected chi connectivity index (χ3v) is 4.01. The van der Waals surface area contributed by atoms with Gasteiger partial charge in [0.15, 0.2) is 0 Å². The Balaban J connectivity index is 2.07. The van der Waals surface area contributed by atoms with E-state index in [1.54, 1.807) is 4.90 Å². The lowest BCUT2D eigenvalue weighted by Gasteiger charge is -2.35. The second kappa shape index (κ2) is 6.34. The third kappa shape index (κ3) is 3.45. The van der Waals surface area contributed by atoms with E-state index >= 15 is 0 Å². The number of carbonyl (C=O) groups is 2. The van der Waals surface area contributed by atoms with Gasteiger partial charge < -0.3 is 20.7 Å². The lowest BCUT2D eigenvalue weighted by molar-refractivity contribution is -0.142. The molecule has 0 bridgehead atoms. The smallest absolute Gasteiger partial charge is 0.237 e. The quantitative estimate of drug-likeness (QED) is 0.719. The molecule has 2 fully saturated rings. The molecule has 108 valence electrons. The normalized spacial score (nSPS) is 31.1. The number of hydrogen-bond donors (Lipinski definition) is 2. The first kappa shape index (κ1) is 14.3. The first-order chi connectivity index (χ1) is 9.09. The molecule has 2 aliphatic rings. The minimum atomic E-state index is -0.453. The van der Waals surface area contributed by atoms with Gasteiger partial charge in [0.05, 0.1) is 18.6 Å². The van der Waals surface area contributed by atoms with Crippen molar-refractivity contribution in [2.75, 3.05) is 26.2 Å². The average Bonchev–Trinajstić information content (AvgIpc) is 2.82. The maximum absolute atomic E-state index is 12.6. The van der Waals surface area contributed by atoms with E-state index < -0.39 is 5.91 Å². The van der Waals surface area contributed by atoms with Crippen LogP contribution in [0.2, 0.25) is 0 Å². The van der Waals surface area contributed by atoms with Crippen molar-refractivity contribution in [3.63, 3.8) is 0 Å². The van der Waals surface area contributed by atoms with Gasteiger partial charge in [0, 0.05) is 19.2 Å². The molecular weight excluding hydrogens is 246 g/mol. The molecule has 6 nitrogen and oxygen atoms in total. The Hall–Kier alpha value is -1.14. The Morgan fingerprint density at radius 1 is 1.42 bits per heavy atom. The molecule has 6 heteroatoms. The molecule has 3 N–H and O–H groups in total. The molecule has 2 saturated heterocycles. The van der Waals surface area contributed by atoms with Gasteiger partial charge in [0.2, 0.25) is 11.8 Å². The predicted molar refractivity (Wildman–Crippen MR) is 70.3 cm³/mol. The average molecular weight is 269 g/mol. The number of piperidine rings is 1. The predicted octanol–water partition coefficient (Wildman–Crippen LogP) is -0.523. The summed E-state index contributed by atoms with van der Waals surface area (Å²) in [6.45, 7) is 4.25. The van der Waals surface area contributed by atoms with Crippen molar-refractivity contribution in [2.45, 2.75) is 38.3 Å². The van der Waals surface area contributed by atoms with Crippen LogP contribution in [0.3, 0.4) is 0 Å². The summed E-state index contributed by atoms with van der Waals surface area (Å²) in [5, 5.41) is 3.27. The Labute approximate surface area is 113 Å². The summed E-state index contributed by atoms with van der Waals surface area (Å²) in [6, 6.07) is 0.0709. The molecule has 0 radical (unpaired) electrons. The molecular formula is C13H23N3O3.